The lowest BCUT2D eigenvalue weighted by atomic mass is 9.72. The molecule has 0 amide bonds. The first-order chi connectivity index (χ1) is 8.57. The Hall–Kier alpha value is -0.670. The molecule has 1 rings (SSSR count). The topological polar surface area (TPSA) is 26.3 Å². The first-order valence-electron chi connectivity index (χ1n) is 6.64. The van der Waals surface area contributed by atoms with Crippen LogP contribution in [0.2, 0.25) is 0 Å². The Morgan fingerprint density at radius 3 is 2.21 bits per heavy atom. The van der Waals surface area contributed by atoms with Gasteiger partial charge in [0.1, 0.15) is 0 Å². The van der Waals surface area contributed by atoms with Crippen molar-refractivity contribution < 1.29 is 8.39 Å². The summed E-state index contributed by atoms with van der Waals surface area (Å²) >= 11 is -1.37. The zero-order valence-electron chi connectivity index (χ0n) is 13.2. The van der Waals surface area contributed by atoms with Crippen LogP contribution in [0.5, 0.6) is 0 Å². The number of rotatable bonds is 4. The van der Waals surface area contributed by atoms with Gasteiger partial charge < -0.3 is 0 Å². The number of hydrogen-bond donors (Lipinski definition) is 0. The van der Waals surface area contributed by atoms with E-state index in [1.807, 2.05) is 19.1 Å². The molecule has 0 N–H and O–H groups in total. The molecule has 1 aromatic carbocycles. The minimum absolute atomic E-state index is 0.0542. The van der Waals surface area contributed by atoms with Crippen molar-refractivity contribution >= 4 is 11.1 Å². The van der Waals surface area contributed by atoms with Crippen molar-refractivity contribution in [3.05, 3.63) is 29.3 Å². The lowest BCUT2D eigenvalue weighted by Gasteiger charge is -2.33. The standard InChI is InChI=1S/C16H26O2S/c1-12-8-9-13(10-14(12)19(17)18-7)16(5,6)11-15(2,3)4/h8-10H,11H2,1-7H3. The molecule has 0 radical (unpaired) electrons. The van der Waals surface area contributed by atoms with Gasteiger partial charge in [0.25, 0.3) is 0 Å². The molecular weight excluding hydrogens is 256 g/mol. The molecule has 1 unspecified atom stereocenters. The fourth-order valence-corrected chi connectivity index (χ4v) is 3.45. The molecule has 3 heteroatoms. The van der Waals surface area contributed by atoms with Crippen LogP contribution in [0.15, 0.2) is 23.1 Å². The van der Waals surface area contributed by atoms with Crippen molar-refractivity contribution in [2.75, 3.05) is 7.11 Å². The molecule has 0 aliphatic heterocycles. The van der Waals surface area contributed by atoms with Crippen LogP contribution in [-0.2, 0) is 20.7 Å². The molecule has 1 atom stereocenters. The number of benzene rings is 1. The summed E-state index contributed by atoms with van der Waals surface area (Å²) in [6.45, 7) is 13.2. The van der Waals surface area contributed by atoms with E-state index in [1.54, 1.807) is 0 Å². The first kappa shape index (κ1) is 16.4. The van der Waals surface area contributed by atoms with Crippen LogP contribution in [0.3, 0.4) is 0 Å². The van der Waals surface area contributed by atoms with Crippen LogP contribution in [0.25, 0.3) is 0 Å². The van der Waals surface area contributed by atoms with Gasteiger partial charge in [-0.3, -0.25) is 4.18 Å². The normalized spacial score (nSPS) is 14.5. The van der Waals surface area contributed by atoms with Crippen LogP contribution in [-0.4, -0.2) is 11.3 Å². The van der Waals surface area contributed by atoms with E-state index in [-0.39, 0.29) is 10.8 Å². The van der Waals surface area contributed by atoms with Crippen molar-refractivity contribution in [2.24, 2.45) is 5.41 Å². The van der Waals surface area contributed by atoms with Gasteiger partial charge in [0, 0.05) is 0 Å². The third-order valence-corrected chi connectivity index (χ3v) is 4.37. The molecule has 0 aliphatic carbocycles. The summed E-state index contributed by atoms with van der Waals surface area (Å²) < 4.78 is 16.8. The highest BCUT2D eigenvalue weighted by atomic mass is 32.2. The predicted molar refractivity (Wildman–Crippen MR) is 81.7 cm³/mol. The predicted octanol–water partition coefficient (Wildman–Crippen LogP) is 4.38. The Balaban J connectivity index is 3.18. The van der Waals surface area contributed by atoms with Gasteiger partial charge >= 0.3 is 0 Å². The Bertz CT molecular complexity index is 470. The van der Waals surface area contributed by atoms with E-state index in [0.717, 1.165) is 16.9 Å². The average molecular weight is 282 g/mol. The maximum Gasteiger partial charge on any atom is 0.189 e. The van der Waals surface area contributed by atoms with E-state index in [4.69, 9.17) is 4.18 Å². The summed E-state index contributed by atoms with van der Waals surface area (Å²) in [5.41, 5.74) is 2.54. The fourth-order valence-electron chi connectivity index (χ4n) is 2.72. The molecule has 0 saturated heterocycles. The van der Waals surface area contributed by atoms with E-state index >= 15 is 0 Å². The third-order valence-electron chi connectivity index (χ3n) is 3.27. The monoisotopic (exact) mass is 282 g/mol. The van der Waals surface area contributed by atoms with Crippen molar-refractivity contribution in [1.82, 2.24) is 0 Å². The summed E-state index contributed by atoms with van der Waals surface area (Å²) in [5, 5.41) is 0. The second-order valence-corrected chi connectivity index (χ2v) is 8.25. The zero-order valence-corrected chi connectivity index (χ0v) is 14.0. The van der Waals surface area contributed by atoms with Gasteiger partial charge in [-0.1, -0.05) is 46.8 Å². The van der Waals surface area contributed by atoms with Crippen molar-refractivity contribution in [2.45, 2.75) is 58.3 Å². The number of aryl methyl sites for hydroxylation is 1. The van der Waals surface area contributed by atoms with Gasteiger partial charge in [0.05, 0.1) is 12.0 Å². The quantitative estimate of drug-likeness (QED) is 0.819. The second kappa shape index (κ2) is 5.76. The van der Waals surface area contributed by atoms with E-state index < -0.39 is 11.1 Å². The van der Waals surface area contributed by atoms with Crippen LogP contribution in [0, 0.1) is 12.3 Å². The van der Waals surface area contributed by atoms with Gasteiger partial charge in [0.2, 0.25) is 0 Å². The summed E-state index contributed by atoms with van der Waals surface area (Å²) in [4.78, 5) is 0.780. The molecule has 0 fully saturated rings. The van der Waals surface area contributed by atoms with E-state index in [0.29, 0.717) is 0 Å². The van der Waals surface area contributed by atoms with Gasteiger partial charge in [0.15, 0.2) is 11.1 Å². The van der Waals surface area contributed by atoms with Gasteiger partial charge in [-0.15, -0.1) is 0 Å². The highest BCUT2D eigenvalue weighted by molar-refractivity contribution is 7.80. The lowest BCUT2D eigenvalue weighted by molar-refractivity contribution is 0.284. The zero-order chi connectivity index (χ0) is 14.8. The molecule has 0 saturated carbocycles. The molecule has 2 nitrogen and oxygen atoms in total. The molecule has 0 spiro atoms. The fraction of sp³-hybridized carbons (Fsp3) is 0.625. The Kier molecular flexibility index (Phi) is 4.97. The molecule has 19 heavy (non-hydrogen) atoms. The highest BCUT2D eigenvalue weighted by Gasteiger charge is 2.28. The molecule has 0 heterocycles. The lowest BCUT2D eigenvalue weighted by Crippen LogP contribution is -2.25. The Labute approximate surface area is 120 Å². The largest absolute Gasteiger partial charge is 0.290 e. The van der Waals surface area contributed by atoms with Crippen molar-refractivity contribution in [1.29, 1.82) is 0 Å². The van der Waals surface area contributed by atoms with E-state index in [9.17, 15) is 4.21 Å². The molecule has 0 aromatic heterocycles. The third kappa shape index (κ3) is 4.43. The molecule has 1 aromatic rings. The van der Waals surface area contributed by atoms with Gasteiger partial charge in [-0.2, -0.15) is 0 Å². The highest BCUT2D eigenvalue weighted by Crippen LogP contribution is 2.37. The van der Waals surface area contributed by atoms with Crippen LogP contribution < -0.4 is 0 Å². The van der Waals surface area contributed by atoms with E-state index in [2.05, 4.69) is 40.7 Å². The SMILES string of the molecule is COS(=O)c1cc(C(C)(C)CC(C)(C)C)ccc1C. The summed E-state index contributed by atoms with van der Waals surface area (Å²) in [6, 6.07) is 6.20. The van der Waals surface area contributed by atoms with Crippen LogP contribution in [0.1, 0.15) is 52.2 Å². The smallest absolute Gasteiger partial charge is 0.189 e. The van der Waals surface area contributed by atoms with Crippen LogP contribution >= 0.6 is 0 Å². The van der Waals surface area contributed by atoms with Crippen molar-refractivity contribution in [3.8, 4) is 0 Å². The average Bonchev–Trinajstić information content (AvgIpc) is 2.25. The summed E-state index contributed by atoms with van der Waals surface area (Å²) in [7, 11) is 1.47. The minimum atomic E-state index is -1.37. The summed E-state index contributed by atoms with van der Waals surface area (Å²) in [6.07, 6.45) is 1.07. The first-order valence-corrected chi connectivity index (χ1v) is 7.72. The molecular formula is C16H26O2S. The molecule has 108 valence electrons. The van der Waals surface area contributed by atoms with E-state index in [1.165, 1.54) is 12.7 Å². The van der Waals surface area contributed by atoms with Gasteiger partial charge in [-0.25, -0.2) is 4.21 Å². The van der Waals surface area contributed by atoms with Gasteiger partial charge in [-0.05, 0) is 41.4 Å². The number of hydrogen-bond acceptors (Lipinski definition) is 2. The maximum atomic E-state index is 11.9. The Morgan fingerprint density at radius 2 is 1.74 bits per heavy atom. The molecule has 0 aliphatic rings. The maximum absolute atomic E-state index is 11.9. The molecule has 0 bridgehead atoms. The second-order valence-electron chi connectivity index (χ2n) is 7.00. The minimum Gasteiger partial charge on any atom is -0.290 e. The van der Waals surface area contributed by atoms with Crippen molar-refractivity contribution in [3.63, 3.8) is 0 Å². The van der Waals surface area contributed by atoms with Crippen LogP contribution in [0.4, 0.5) is 0 Å². The summed E-state index contributed by atoms with van der Waals surface area (Å²) in [5.74, 6) is 0. The Morgan fingerprint density at radius 1 is 1.16 bits per heavy atom.